The highest BCUT2D eigenvalue weighted by Gasteiger charge is 2.24. The Hall–Kier alpha value is -2.40. The van der Waals surface area contributed by atoms with Crippen molar-refractivity contribution in [2.24, 2.45) is 7.05 Å². The maximum absolute atomic E-state index is 12.1. The maximum atomic E-state index is 12.1. The van der Waals surface area contributed by atoms with E-state index in [2.05, 4.69) is 5.32 Å². The first-order valence-corrected chi connectivity index (χ1v) is 6.63. The van der Waals surface area contributed by atoms with Crippen LogP contribution in [0.25, 0.3) is 0 Å². The predicted octanol–water partition coefficient (Wildman–Crippen LogP) is 1.02. The highest BCUT2D eigenvalue weighted by Crippen LogP contribution is 2.18. The van der Waals surface area contributed by atoms with Gasteiger partial charge >= 0.3 is 0 Å². The SMILES string of the molecule is Cn1cccc(C(=O)NC[C@](C)(O)c2ccccc2)c1=O. The van der Waals surface area contributed by atoms with Crippen molar-refractivity contribution in [3.05, 3.63) is 70.1 Å². The van der Waals surface area contributed by atoms with Gasteiger partial charge in [-0.15, -0.1) is 0 Å². The molecule has 2 N–H and O–H groups in total. The molecule has 1 heterocycles. The molecule has 0 bridgehead atoms. The Balaban J connectivity index is 2.11. The normalized spacial score (nSPS) is 13.5. The highest BCUT2D eigenvalue weighted by molar-refractivity contribution is 5.93. The van der Waals surface area contributed by atoms with Gasteiger partial charge in [-0.05, 0) is 24.6 Å². The number of rotatable bonds is 4. The number of carbonyl (C=O) groups excluding carboxylic acids is 1. The summed E-state index contributed by atoms with van der Waals surface area (Å²) in [4.78, 5) is 23.9. The van der Waals surface area contributed by atoms with Gasteiger partial charge in [-0.2, -0.15) is 0 Å². The third-order valence-electron chi connectivity index (χ3n) is 3.36. The Morgan fingerprint density at radius 2 is 1.90 bits per heavy atom. The minimum atomic E-state index is -1.20. The molecular weight excluding hydrogens is 268 g/mol. The van der Waals surface area contributed by atoms with Crippen molar-refractivity contribution in [3.63, 3.8) is 0 Å². The lowest BCUT2D eigenvalue weighted by Gasteiger charge is -2.24. The monoisotopic (exact) mass is 286 g/mol. The fraction of sp³-hybridized carbons (Fsp3) is 0.250. The zero-order valence-corrected chi connectivity index (χ0v) is 12.0. The number of benzene rings is 1. The van der Waals surface area contributed by atoms with Crippen molar-refractivity contribution in [1.29, 1.82) is 0 Å². The predicted molar refractivity (Wildman–Crippen MR) is 80.0 cm³/mol. The summed E-state index contributed by atoms with van der Waals surface area (Å²) in [5, 5.41) is 13.0. The fourth-order valence-corrected chi connectivity index (χ4v) is 2.02. The van der Waals surface area contributed by atoms with Crippen LogP contribution in [0.2, 0.25) is 0 Å². The third-order valence-corrected chi connectivity index (χ3v) is 3.36. The fourth-order valence-electron chi connectivity index (χ4n) is 2.02. The van der Waals surface area contributed by atoms with Gasteiger partial charge in [0.2, 0.25) is 0 Å². The largest absolute Gasteiger partial charge is 0.384 e. The van der Waals surface area contributed by atoms with E-state index in [-0.39, 0.29) is 17.7 Å². The van der Waals surface area contributed by atoms with E-state index in [1.54, 1.807) is 38.4 Å². The number of hydrogen-bond acceptors (Lipinski definition) is 3. The zero-order valence-electron chi connectivity index (χ0n) is 12.0. The summed E-state index contributed by atoms with van der Waals surface area (Å²) in [7, 11) is 1.58. The summed E-state index contributed by atoms with van der Waals surface area (Å²) in [5.74, 6) is -0.493. The van der Waals surface area contributed by atoms with E-state index in [4.69, 9.17) is 0 Å². The van der Waals surface area contributed by atoms with Crippen molar-refractivity contribution in [2.45, 2.75) is 12.5 Å². The highest BCUT2D eigenvalue weighted by atomic mass is 16.3. The average Bonchev–Trinajstić information content (AvgIpc) is 2.49. The van der Waals surface area contributed by atoms with E-state index < -0.39 is 11.5 Å². The second kappa shape index (κ2) is 5.93. The topological polar surface area (TPSA) is 71.3 Å². The molecule has 0 saturated carbocycles. The van der Waals surface area contributed by atoms with Crippen LogP contribution in [-0.2, 0) is 12.6 Å². The smallest absolute Gasteiger partial charge is 0.263 e. The first kappa shape index (κ1) is 15.0. The summed E-state index contributed by atoms with van der Waals surface area (Å²) in [6, 6.07) is 12.2. The van der Waals surface area contributed by atoms with Gasteiger partial charge in [0.1, 0.15) is 11.2 Å². The Labute approximate surface area is 122 Å². The van der Waals surface area contributed by atoms with Crippen molar-refractivity contribution in [3.8, 4) is 0 Å². The summed E-state index contributed by atoms with van der Waals surface area (Å²) in [6.07, 6.45) is 1.58. The molecule has 0 fully saturated rings. The summed E-state index contributed by atoms with van der Waals surface area (Å²) >= 11 is 0. The average molecular weight is 286 g/mol. The molecule has 0 radical (unpaired) electrons. The van der Waals surface area contributed by atoms with Gasteiger partial charge < -0.3 is 15.0 Å². The van der Waals surface area contributed by atoms with Crippen LogP contribution in [0.4, 0.5) is 0 Å². The molecule has 0 aliphatic carbocycles. The summed E-state index contributed by atoms with van der Waals surface area (Å²) < 4.78 is 1.34. The molecule has 0 aliphatic rings. The van der Waals surface area contributed by atoms with E-state index >= 15 is 0 Å². The van der Waals surface area contributed by atoms with Gasteiger partial charge in [0.15, 0.2) is 0 Å². The van der Waals surface area contributed by atoms with Crippen LogP contribution in [0.3, 0.4) is 0 Å². The van der Waals surface area contributed by atoms with Gasteiger partial charge in [-0.1, -0.05) is 30.3 Å². The van der Waals surface area contributed by atoms with Gasteiger partial charge in [0.25, 0.3) is 11.5 Å². The van der Waals surface area contributed by atoms with Gasteiger partial charge in [-0.25, -0.2) is 0 Å². The number of nitrogens with one attached hydrogen (secondary N) is 1. The zero-order chi connectivity index (χ0) is 15.5. The van der Waals surface area contributed by atoms with Crippen molar-refractivity contribution < 1.29 is 9.90 Å². The van der Waals surface area contributed by atoms with E-state index in [1.165, 1.54) is 10.6 Å². The molecule has 1 aromatic heterocycles. The van der Waals surface area contributed by atoms with E-state index in [1.807, 2.05) is 18.2 Å². The minimum absolute atomic E-state index is 0.0217. The van der Waals surface area contributed by atoms with Crippen molar-refractivity contribution in [1.82, 2.24) is 9.88 Å². The Morgan fingerprint density at radius 1 is 1.24 bits per heavy atom. The molecule has 0 unspecified atom stereocenters. The molecule has 110 valence electrons. The molecule has 0 aliphatic heterocycles. The lowest BCUT2D eigenvalue weighted by atomic mass is 9.96. The second-order valence-corrected chi connectivity index (χ2v) is 5.16. The van der Waals surface area contributed by atoms with E-state index in [9.17, 15) is 14.7 Å². The molecular formula is C16H18N2O3. The number of aliphatic hydroxyl groups is 1. The molecule has 2 aromatic rings. The third kappa shape index (κ3) is 3.38. The molecule has 1 aromatic carbocycles. The Kier molecular flexibility index (Phi) is 4.23. The molecule has 2 rings (SSSR count). The van der Waals surface area contributed by atoms with Gasteiger partial charge in [0.05, 0.1) is 6.54 Å². The number of amides is 1. The first-order chi connectivity index (χ1) is 9.92. The van der Waals surface area contributed by atoms with Crippen LogP contribution < -0.4 is 10.9 Å². The maximum Gasteiger partial charge on any atom is 0.263 e. The lowest BCUT2D eigenvalue weighted by molar-refractivity contribution is 0.0526. The molecule has 0 saturated heterocycles. The second-order valence-electron chi connectivity index (χ2n) is 5.16. The number of aromatic nitrogens is 1. The molecule has 1 atom stereocenters. The van der Waals surface area contributed by atoms with Gasteiger partial charge in [0, 0.05) is 13.2 Å². The van der Waals surface area contributed by atoms with Crippen molar-refractivity contribution >= 4 is 5.91 Å². The lowest BCUT2D eigenvalue weighted by Crippen LogP contribution is -2.40. The van der Waals surface area contributed by atoms with Crippen molar-refractivity contribution in [2.75, 3.05) is 6.54 Å². The summed E-state index contributed by atoms with van der Waals surface area (Å²) in [6.45, 7) is 1.64. The summed E-state index contributed by atoms with van der Waals surface area (Å²) in [5.41, 5.74) is -0.804. The number of carbonyl (C=O) groups is 1. The molecule has 0 spiro atoms. The van der Waals surface area contributed by atoms with E-state index in [0.717, 1.165) is 0 Å². The van der Waals surface area contributed by atoms with Crippen LogP contribution in [0.5, 0.6) is 0 Å². The molecule has 21 heavy (non-hydrogen) atoms. The number of aryl methyl sites for hydroxylation is 1. The van der Waals surface area contributed by atoms with Crippen LogP contribution in [-0.4, -0.2) is 22.1 Å². The Morgan fingerprint density at radius 3 is 2.57 bits per heavy atom. The molecule has 1 amide bonds. The first-order valence-electron chi connectivity index (χ1n) is 6.63. The van der Waals surface area contributed by atoms with Crippen LogP contribution in [0, 0.1) is 0 Å². The molecule has 5 heteroatoms. The van der Waals surface area contributed by atoms with E-state index in [0.29, 0.717) is 5.56 Å². The Bertz CT molecular complexity index is 690. The van der Waals surface area contributed by atoms with Crippen LogP contribution >= 0.6 is 0 Å². The standard InChI is InChI=1S/C16H18N2O3/c1-16(21,12-7-4-3-5-8-12)11-17-14(19)13-9-6-10-18(2)15(13)20/h3-10,21H,11H2,1-2H3,(H,17,19)/t16-/m0/s1. The number of hydrogen-bond donors (Lipinski definition) is 2. The van der Waals surface area contributed by atoms with Crippen LogP contribution in [0.15, 0.2) is 53.5 Å². The van der Waals surface area contributed by atoms with Crippen LogP contribution in [0.1, 0.15) is 22.8 Å². The number of pyridine rings is 1. The van der Waals surface area contributed by atoms with Gasteiger partial charge in [-0.3, -0.25) is 9.59 Å². The minimum Gasteiger partial charge on any atom is -0.384 e. The molecule has 5 nitrogen and oxygen atoms in total. The quantitative estimate of drug-likeness (QED) is 0.881. The number of nitrogens with zero attached hydrogens (tertiary/aromatic N) is 1.